The molecule has 6 nitrogen and oxygen atoms in total. The van der Waals surface area contributed by atoms with E-state index in [0.29, 0.717) is 37.3 Å². The molecule has 1 amide bonds. The Balaban J connectivity index is 1.38. The SMILES string of the molecule is O=C(CCC(=O)N1CCC(N(C2CC2)S(=O)(=O)c2cccc(C(F)(F)F)c2)CC1)c1ccc(F)cc1. The Labute approximate surface area is 206 Å². The van der Waals surface area contributed by atoms with E-state index in [4.69, 9.17) is 0 Å². The van der Waals surface area contributed by atoms with Crippen LogP contribution in [0.3, 0.4) is 0 Å². The van der Waals surface area contributed by atoms with Crippen molar-refractivity contribution >= 4 is 21.7 Å². The van der Waals surface area contributed by atoms with Gasteiger partial charge in [-0.05, 0) is 68.1 Å². The molecule has 0 N–H and O–H groups in total. The molecule has 2 aromatic rings. The van der Waals surface area contributed by atoms with Gasteiger partial charge in [0.25, 0.3) is 0 Å². The van der Waals surface area contributed by atoms with Crippen LogP contribution in [0.5, 0.6) is 0 Å². The van der Waals surface area contributed by atoms with Gasteiger partial charge in [0.2, 0.25) is 15.9 Å². The van der Waals surface area contributed by atoms with Gasteiger partial charge in [0, 0.05) is 43.6 Å². The van der Waals surface area contributed by atoms with Crippen LogP contribution < -0.4 is 0 Å². The molecule has 11 heteroatoms. The first kappa shape index (κ1) is 26.3. The normalized spacial score (nSPS) is 17.4. The van der Waals surface area contributed by atoms with Gasteiger partial charge in [-0.25, -0.2) is 12.8 Å². The van der Waals surface area contributed by atoms with Crippen LogP contribution in [0.4, 0.5) is 17.6 Å². The van der Waals surface area contributed by atoms with Crippen molar-refractivity contribution in [3.8, 4) is 0 Å². The van der Waals surface area contributed by atoms with Gasteiger partial charge in [0.05, 0.1) is 10.5 Å². The summed E-state index contributed by atoms with van der Waals surface area (Å²) in [5, 5.41) is 0. The molecule has 2 fully saturated rings. The van der Waals surface area contributed by atoms with E-state index in [1.165, 1.54) is 34.6 Å². The number of carbonyl (C=O) groups excluding carboxylic acids is 2. The fraction of sp³-hybridized carbons (Fsp3) is 0.440. The number of hydrogen-bond acceptors (Lipinski definition) is 4. The minimum absolute atomic E-state index is 0.0181. The number of ketones is 1. The molecule has 1 aliphatic carbocycles. The van der Waals surface area contributed by atoms with Crippen LogP contribution in [0.1, 0.15) is 54.4 Å². The highest BCUT2D eigenvalue weighted by Crippen LogP contribution is 2.38. The fourth-order valence-electron chi connectivity index (χ4n) is 4.50. The van der Waals surface area contributed by atoms with Gasteiger partial charge in [0.15, 0.2) is 5.78 Å². The van der Waals surface area contributed by atoms with E-state index in [-0.39, 0.29) is 48.6 Å². The number of halogens is 4. The molecule has 1 aliphatic heterocycles. The second-order valence-electron chi connectivity index (χ2n) is 9.13. The van der Waals surface area contributed by atoms with Gasteiger partial charge in [-0.15, -0.1) is 0 Å². The number of hydrogen-bond donors (Lipinski definition) is 0. The molecule has 0 aromatic heterocycles. The Morgan fingerprint density at radius 2 is 1.53 bits per heavy atom. The van der Waals surface area contributed by atoms with E-state index in [2.05, 4.69) is 0 Å². The molecule has 0 bridgehead atoms. The van der Waals surface area contributed by atoms with E-state index >= 15 is 0 Å². The second kappa shape index (κ2) is 10.3. The highest BCUT2D eigenvalue weighted by atomic mass is 32.2. The van der Waals surface area contributed by atoms with E-state index in [1.807, 2.05) is 0 Å². The Morgan fingerprint density at radius 3 is 2.11 bits per heavy atom. The number of piperidine rings is 1. The molecule has 0 atom stereocenters. The van der Waals surface area contributed by atoms with Crippen molar-refractivity contribution in [1.82, 2.24) is 9.21 Å². The Hall–Kier alpha value is -2.79. The Morgan fingerprint density at radius 1 is 0.917 bits per heavy atom. The molecule has 4 rings (SSSR count). The fourth-order valence-corrected chi connectivity index (χ4v) is 6.48. The van der Waals surface area contributed by atoms with Gasteiger partial charge in [-0.3, -0.25) is 9.59 Å². The molecule has 1 heterocycles. The van der Waals surface area contributed by atoms with Crippen molar-refractivity contribution in [3.05, 3.63) is 65.5 Å². The smallest absolute Gasteiger partial charge is 0.343 e. The molecular weight excluding hydrogens is 500 g/mol. The minimum Gasteiger partial charge on any atom is -0.343 e. The third kappa shape index (κ3) is 5.95. The van der Waals surface area contributed by atoms with Crippen molar-refractivity contribution in [2.24, 2.45) is 0 Å². The standard InChI is InChI=1S/C25H26F4N2O4S/c26-19-6-4-17(5-7-19)23(32)10-11-24(33)30-14-12-21(13-15-30)31(20-8-9-20)36(34,35)22-3-1-2-18(16-22)25(27,28)29/h1-7,16,20-21H,8-15H2. The summed E-state index contributed by atoms with van der Waals surface area (Å²) >= 11 is 0. The predicted molar refractivity (Wildman–Crippen MR) is 123 cm³/mol. The second-order valence-corrected chi connectivity index (χ2v) is 11.0. The topological polar surface area (TPSA) is 74.8 Å². The molecule has 194 valence electrons. The zero-order chi connectivity index (χ0) is 26.1. The molecule has 1 saturated carbocycles. The van der Waals surface area contributed by atoms with Gasteiger partial charge in [0.1, 0.15) is 5.82 Å². The lowest BCUT2D eigenvalue weighted by Gasteiger charge is -2.38. The van der Waals surface area contributed by atoms with Crippen LogP contribution in [-0.4, -0.2) is 54.5 Å². The summed E-state index contributed by atoms with van der Waals surface area (Å²) < 4.78 is 80.5. The lowest BCUT2D eigenvalue weighted by Crippen LogP contribution is -2.49. The minimum atomic E-state index is -4.65. The number of nitrogens with zero attached hydrogens (tertiary/aromatic N) is 2. The number of likely N-dealkylation sites (tertiary alicyclic amines) is 1. The van der Waals surface area contributed by atoms with Gasteiger partial charge < -0.3 is 4.90 Å². The van der Waals surface area contributed by atoms with Crippen LogP contribution >= 0.6 is 0 Å². The lowest BCUT2D eigenvalue weighted by molar-refractivity contribution is -0.137. The molecule has 2 aliphatic rings. The number of alkyl halides is 3. The summed E-state index contributed by atoms with van der Waals surface area (Å²) in [6, 6.07) is 8.18. The van der Waals surface area contributed by atoms with Crippen LogP contribution in [0.2, 0.25) is 0 Å². The molecule has 0 spiro atoms. The zero-order valence-corrected chi connectivity index (χ0v) is 20.2. The summed E-state index contributed by atoms with van der Waals surface area (Å²) in [5.41, 5.74) is -0.697. The number of rotatable bonds is 8. The summed E-state index contributed by atoms with van der Waals surface area (Å²) in [7, 11) is -4.15. The molecule has 2 aromatic carbocycles. The van der Waals surface area contributed by atoms with Crippen LogP contribution in [0.25, 0.3) is 0 Å². The van der Waals surface area contributed by atoms with Gasteiger partial charge in [-0.2, -0.15) is 17.5 Å². The van der Waals surface area contributed by atoms with Crippen molar-refractivity contribution < 1.29 is 35.6 Å². The van der Waals surface area contributed by atoms with E-state index in [0.717, 1.165) is 12.1 Å². The Bertz CT molecular complexity index is 1220. The number of amides is 1. The Kier molecular flexibility index (Phi) is 7.51. The molecular formula is C25H26F4N2O4S. The van der Waals surface area contributed by atoms with Crippen LogP contribution in [0.15, 0.2) is 53.4 Å². The molecule has 0 unspecified atom stereocenters. The quantitative estimate of drug-likeness (QED) is 0.371. The van der Waals surface area contributed by atoms with Crippen molar-refractivity contribution in [2.75, 3.05) is 13.1 Å². The summed E-state index contributed by atoms with van der Waals surface area (Å²) in [6.45, 7) is 0.575. The van der Waals surface area contributed by atoms with Crippen molar-refractivity contribution in [1.29, 1.82) is 0 Å². The molecule has 0 radical (unpaired) electrons. The van der Waals surface area contributed by atoms with Crippen LogP contribution in [0, 0.1) is 5.82 Å². The highest BCUT2D eigenvalue weighted by Gasteiger charge is 2.44. The molecule has 36 heavy (non-hydrogen) atoms. The number of carbonyl (C=O) groups is 2. The maximum absolute atomic E-state index is 13.4. The summed E-state index contributed by atoms with van der Waals surface area (Å²) in [4.78, 5) is 26.1. The number of Topliss-reactive ketones (excluding diaryl/α,β-unsaturated/α-hetero) is 1. The first-order valence-electron chi connectivity index (χ1n) is 11.7. The van der Waals surface area contributed by atoms with E-state index in [9.17, 15) is 35.6 Å². The highest BCUT2D eigenvalue weighted by molar-refractivity contribution is 7.89. The first-order chi connectivity index (χ1) is 17.0. The number of benzene rings is 2. The summed E-state index contributed by atoms with van der Waals surface area (Å²) in [5.74, 6) is -0.964. The number of sulfonamides is 1. The van der Waals surface area contributed by atoms with E-state index in [1.54, 1.807) is 4.90 Å². The van der Waals surface area contributed by atoms with Gasteiger partial charge >= 0.3 is 6.18 Å². The average molecular weight is 527 g/mol. The molecule has 1 saturated heterocycles. The lowest BCUT2D eigenvalue weighted by atomic mass is 10.0. The maximum atomic E-state index is 13.4. The van der Waals surface area contributed by atoms with Gasteiger partial charge in [-0.1, -0.05) is 6.07 Å². The maximum Gasteiger partial charge on any atom is 0.416 e. The zero-order valence-electron chi connectivity index (χ0n) is 19.4. The van der Waals surface area contributed by atoms with Crippen molar-refractivity contribution in [2.45, 2.75) is 61.7 Å². The first-order valence-corrected chi connectivity index (χ1v) is 13.2. The largest absolute Gasteiger partial charge is 0.416 e. The third-order valence-electron chi connectivity index (χ3n) is 6.55. The third-order valence-corrected chi connectivity index (χ3v) is 8.55. The predicted octanol–water partition coefficient (Wildman–Crippen LogP) is 4.65. The monoisotopic (exact) mass is 526 g/mol. The van der Waals surface area contributed by atoms with E-state index < -0.39 is 33.6 Å². The summed E-state index contributed by atoms with van der Waals surface area (Å²) in [6.07, 6.45) is -2.71. The average Bonchev–Trinajstić information content (AvgIpc) is 3.67. The van der Waals surface area contributed by atoms with Crippen molar-refractivity contribution in [3.63, 3.8) is 0 Å². The van der Waals surface area contributed by atoms with Crippen LogP contribution in [-0.2, 0) is 21.0 Å².